The number of aliphatic hydroxyl groups excluding tert-OH is 1. The van der Waals surface area contributed by atoms with Crippen LogP contribution in [0.3, 0.4) is 0 Å². The number of thiazole rings is 1. The van der Waals surface area contributed by atoms with Gasteiger partial charge in [-0.15, -0.1) is 11.3 Å². The molecule has 2 aromatic carbocycles. The third kappa shape index (κ3) is 3.53. The molecular weight excluding hydrogens is 472 g/mol. The Balaban J connectivity index is 1.68. The molecule has 1 aliphatic rings. The summed E-state index contributed by atoms with van der Waals surface area (Å²) in [6.45, 7) is 1.85. The lowest BCUT2D eigenvalue weighted by Gasteiger charge is -2.21. The van der Waals surface area contributed by atoms with Gasteiger partial charge in [0.05, 0.1) is 30.0 Å². The van der Waals surface area contributed by atoms with Gasteiger partial charge < -0.3 is 14.6 Å². The molecule has 9 heteroatoms. The fourth-order valence-corrected chi connectivity index (χ4v) is 5.89. The summed E-state index contributed by atoms with van der Waals surface area (Å²) >= 11 is 2.70. The third-order valence-electron chi connectivity index (χ3n) is 5.72. The second-order valence-corrected chi connectivity index (χ2v) is 9.69. The molecule has 172 valence electrons. The molecule has 0 bridgehead atoms. The van der Waals surface area contributed by atoms with E-state index >= 15 is 0 Å². The Labute approximate surface area is 203 Å². The number of nitrogens with zero attached hydrogens (tertiary/aromatic N) is 2. The Morgan fingerprint density at radius 3 is 2.59 bits per heavy atom. The van der Waals surface area contributed by atoms with E-state index in [-0.39, 0.29) is 11.3 Å². The quantitative estimate of drug-likeness (QED) is 0.231. The number of ether oxygens (including phenoxy) is 2. The number of thiophene rings is 1. The van der Waals surface area contributed by atoms with Crippen LogP contribution in [0.25, 0.3) is 16.0 Å². The van der Waals surface area contributed by atoms with Gasteiger partial charge in [-0.05, 0) is 60.3 Å². The standard InChI is InChI=1S/C25H20N2O5S2/c1-13-11-14(6-9-17(13)32-3)22(28)20-21(18-5-4-10-33-18)27(24(30)23(20)29)25-26-16-8-7-15(31-2)12-19(16)34-25/h4-12,21,28H,1-3H3/t21-/m1/s1. The van der Waals surface area contributed by atoms with Crippen molar-refractivity contribution in [2.75, 3.05) is 19.1 Å². The lowest BCUT2D eigenvalue weighted by molar-refractivity contribution is -0.132. The number of hydrogen-bond acceptors (Lipinski definition) is 8. The third-order valence-corrected chi connectivity index (χ3v) is 7.66. The number of aryl methyl sites for hydroxylation is 1. The zero-order chi connectivity index (χ0) is 24.0. The van der Waals surface area contributed by atoms with Crippen molar-refractivity contribution < 1.29 is 24.2 Å². The minimum atomic E-state index is -0.787. The van der Waals surface area contributed by atoms with Crippen LogP contribution in [0.2, 0.25) is 0 Å². The highest BCUT2D eigenvalue weighted by atomic mass is 32.1. The zero-order valence-electron chi connectivity index (χ0n) is 18.6. The van der Waals surface area contributed by atoms with Crippen LogP contribution in [0.1, 0.15) is 22.0 Å². The van der Waals surface area contributed by atoms with Crippen molar-refractivity contribution in [1.82, 2.24) is 4.98 Å². The number of fused-ring (bicyclic) bond motifs is 1. The predicted octanol–water partition coefficient (Wildman–Crippen LogP) is 5.31. The number of methoxy groups -OCH3 is 2. The Kier molecular flexibility index (Phi) is 5.59. The van der Waals surface area contributed by atoms with E-state index in [0.717, 1.165) is 15.1 Å². The van der Waals surface area contributed by atoms with Crippen molar-refractivity contribution in [2.24, 2.45) is 0 Å². The highest BCUT2D eigenvalue weighted by molar-refractivity contribution is 7.22. The maximum atomic E-state index is 13.3. The van der Waals surface area contributed by atoms with E-state index in [4.69, 9.17) is 9.47 Å². The fraction of sp³-hybridized carbons (Fsp3) is 0.160. The molecule has 34 heavy (non-hydrogen) atoms. The number of rotatable bonds is 5. The average molecular weight is 493 g/mol. The van der Waals surface area contributed by atoms with Crippen molar-refractivity contribution in [1.29, 1.82) is 0 Å². The van der Waals surface area contributed by atoms with Crippen molar-refractivity contribution >= 4 is 55.5 Å². The van der Waals surface area contributed by atoms with E-state index in [0.29, 0.717) is 27.7 Å². The number of carbonyl (C=O) groups is 2. The summed E-state index contributed by atoms with van der Waals surface area (Å²) in [5.41, 5.74) is 1.97. The Bertz CT molecular complexity index is 1460. The van der Waals surface area contributed by atoms with Gasteiger partial charge in [-0.2, -0.15) is 0 Å². The molecule has 1 atom stereocenters. The smallest absolute Gasteiger partial charge is 0.301 e. The van der Waals surface area contributed by atoms with Gasteiger partial charge in [0.15, 0.2) is 5.13 Å². The van der Waals surface area contributed by atoms with Crippen LogP contribution < -0.4 is 14.4 Å². The maximum Gasteiger partial charge on any atom is 0.301 e. The molecule has 0 unspecified atom stereocenters. The fourth-order valence-electron chi connectivity index (χ4n) is 4.05. The van der Waals surface area contributed by atoms with E-state index in [1.54, 1.807) is 38.5 Å². The minimum absolute atomic E-state index is 0.0360. The topological polar surface area (TPSA) is 89.0 Å². The van der Waals surface area contributed by atoms with Crippen LogP contribution in [0.5, 0.6) is 11.5 Å². The number of ketones is 1. The van der Waals surface area contributed by atoms with Gasteiger partial charge in [0.2, 0.25) is 0 Å². The molecule has 0 saturated carbocycles. The number of anilines is 1. The summed E-state index contributed by atoms with van der Waals surface area (Å²) in [5, 5.41) is 13.5. The zero-order valence-corrected chi connectivity index (χ0v) is 20.2. The molecule has 5 rings (SSSR count). The molecule has 1 amide bonds. The van der Waals surface area contributed by atoms with Crippen LogP contribution in [0.4, 0.5) is 5.13 Å². The van der Waals surface area contributed by atoms with Gasteiger partial charge in [0.25, 0.3) is 5.78 Å². The van der Waals surface area contributed by atoms with E-state index in [9.17, 15) is 14.7 Å². The lowest BCUT2D eigenvalue weighted by atomic mass is 9.99. The molecule has 1 saturated heterocycles. The van der Waals surface area contributed by atoms with Gasteiger partial charge in [-0.25, -0.2) is 4.98 Å². The van der Waals surface area contributed by atoms with Crippen LogP contribution in [-0.4, -0.2) is 36.0 Å². The largest absolute Gasteiger partial charge is 0.507 e. The lowest BCUT2D eigenvalue weighted by Crippen LogP contribution is -2.28. The van der Waals surface area contributed by atoms with Crippen molar-refractivity contribution in [3.63, 3.8) is 0 Å². The van der Waals surface area contributed by atoms with Crippen molar-refractivity contribution in [3.8, 4) is 11.5 Å². The van der Waals surface area contributed by atoms with E-state index in [2.05, 4.69) is 4.98 Å². The maximum absolute atomic E-state index is 13.3. The first-order chi connectivity index (χ1) is 16.4. The first-order valence-electron chi connectivity index (χ1n) is 10.4. The highest BCUT2D eigenvalue weighted by Gasteiger charge is 2.48. The second kappa shape index (κ2) is 8.58. The molecule has 4 aromatic rings. The normalized spacial score (nSPS) is 17.5. The van der Waals surface area contributed by atoms with Crippen LogP contribution in [0.15, 0.2) is 59.5 Å². The molecule has 3 heterocycles. The predicted molar refractivity (Wildman–Crippen MR) is 133 cm³/mol. The molecular formula is C25H20N2O5S2. The Morgan fingerprint density at radius 1 is 1.09 bits per heavy atom. The van der Waals surface area contributed by atoms with Crippen molar-refractivity contribution in [3.05, 3.63) is 75.5 Å². The monoisotopic (exact) mass is 492 g/mol. The van der Waals surface area contributed by atoms with Crippen LogP contribution >= 0.6 is 22.7 Å². The molecule has 1 aliphatic heterocycles. The van der Waals surface area contributed by atoms with Crippen LogP contribution in [0, 0.1) is 6.92 Å². The number of aromatic nitrogens is 1. The Hall–Kier alpha value is -3.69. The number of carbonyl (C=O) groups excluding carboxylic acids is 2. The van der Waals surface area contributed by atoms with Crippen LogP contribution in [-0.2, 0) is 9.59 Å². The summed E-state index contributed by atoms with van der Waals surface area (Å²) in [4.78, 5) is 33.3. The summed E-state index contributed by atoms with van der Waals surface area (Å²) in [5.74, 6) is -0.364. The number of hydrogen-bond donors (Lipinski definition) is 1. The summed E-state index contributed by atoms with van der Waals surface area (Å²) in [7, 11) is 3.15. The number of Topliss-reactive ketones (excluding diaryl/α,β-unsaturated/α-hetero) is 1. The molecule has 1 N–H and O–H groups in total. The first kappa shape index (κ1) is 22.1. The van der Waals surface area contributed by atoms with Gasteiger partial charge in [-0.3, -0.25) is 14.5 Å². The SMILES string of the molecule is COc1ccc2nc(N3C(=O)C(=O)C(=C(O)c4ccc(OC)c(C)c4)[C@H]3c3cccs3)sc2c1. The summed E-state index contributed by atoms with van der Waals surface area (Å²) in [6, 6.07) is 13.5. The molecule has 0 spiro atoms. The molecule has 1 fully saturated rings. The molecule has 0 aliphatic carbocycles. The molecule has 2 aromatic heterocycles. The Morgan fingerprint density at radius 2 is 1.91 bits per heavy atom. The van der Waals surface area contributed by atoms with E-state index in [1.165, 1.54) is 27.6 Å². The number of benzene rings is 2. The molecule has 0 radical (unpaired) electrons. The minimum Gasteiger partial charge on any atom is -0.507 e. The first-order valence-corrected chi connectivity index (χ1v) is 12.1. The van der Waals surface area contributed by atoms with Gasteiger partial charge >= 0.3 is 5.91 Å². The highest BCUT2D eigenvalue weighted by Crippen LogP contribution is 2.45. The summed E-state index contributed by atoms with van der Waals surface area (Å²) in [6.07, 6.45) is 0. The van der Waals surface area contributed by atoms with Gasteiger partial charge in [0, 0.05) is 10.4 Å². The second-order valence-electron chi connectivity index (χ2n) is 7.70. The van der Waals surface area contributed by atoms with Gasteiger partial charge in [0.1, 0.15) is 23.3 Å². The molecule has 7 nitrogen and oxygen atoms in total. The van der Waals surface area contributed by atoms with E-state index < -0.39 is 17.7 Å². The average Bonchev–Trinajstić information content (AvgIpc) is 3.56. The van der Waals surface area contributed by atoms with Crippen molar-refractivity contribution in [2.45, 2.75) is 13.0 Å². The number of aliphatic hydroxyl groups is 1. The number of amides is 1. The summed E-state index contributed by atoms with van der Waals surface area (Å²) < 4.78 is 11.4. The van der Waals surface area contributed by atoms with E-state index in [1.807, 2.05) is 36.6 Å². The van der Waals surface area contributed by atoms with Gasteiger partial charge in [-0.1, -0.05) is 17.4 Å².